The molecule has 0 spiro atoms. The van der Waals surface area contributed by atoms with E-state index in [4.69, 9.17) is 4.74 Å². The summed E-state index contributed by atoms with van der Waals surface area (Å²) in [6.45, 7) is 9.55. The predicted octanol–water partition coefficient (Wildman–Crippen LogP) is 2.90. The number of likely N-dealkylation sites (tertiary alicyclic amines) is 1. The molecule has 2 aliphatic rings. The minimum Gasteiger partial charge on any atom is -0.378 e. The molecule has 0 bridgehead atoms. The second-order valence-electron chi connectivity index (χ2n) is 7.05. The first-order valence-electron chi connectivity index (χ1n) is 8.72. The van der Waals surface area contributed by atoms with Crippen LogP contribution in [0.25, 0.3) is 0 Å². The minimum atomic E-state index is 0.537. The standard InChI is InChI=1S/C17H34N2O/c1-4-5-14(2)12-19-8-6-15(7-9-19)13-20-17-10-16(11-17)18-3/h14-18H,4-13H2,1-3H3. The normalized spacial score (nSPS) is 30.1. The maximum Gasteiger partial charge on any atom is 0.0605 e. The quantitative estimate of drug-likeness (QED) is 0.741. The third-order valence-electron chi connectivity index (χ3n) is 5.13. The predicted molar refractivity (Wildman–Crippen MR) is 85.1 cm³/mol. The molecule has 0 aromatic carbocycles. The molecule has 1 atom stereocenters. The van der Waals surface area contributed by atoms with Crippen molar-refractivity contribution in [2.45, 2.75) is 64.5 Å². The summed E-state index contributed by atoms with van der Waals surface area (Å²) in [5.41, 5.74) is 0. The van der Waals surface area contributed by atoms with E-state index in [-0.39, 0.29) is 0 Å². The first-order valence-corrected chi connectivity index (χ1v) is 8.72. The number of nitrogens with zero attached hydrogens (tertiary/aromatic N) is 1. The van der Waals surface area contributed by atoms with Crippen LogP contribution in [-0.4, -0.2) is 50.3 Å². The first-order chi connectivity index (χ1) is 9.71. The highest BCUT2D eigenvalue weighted by Gasteiger charge is 2.29. The van der Waals surface area contributed by atoms with Crippen LogP contribution in [0, 0.1) is 11.8 Å². The van der Waals surface area contributed by atoms with Gasteiger partial charge in [0.2, 0.25) is 0 Å². The van der Waals surface area contributed by atoms with Crippen molar-refractivity contribution < 1.29 is 4.74 Å². The van der Waals surface area contributed by atoms with Gasteiger partial charge < -0.3 is 15.0 Å². The van der Waals surface area contributed by atoms with Gasteiger partial charge in [-0.1, -0.05) is 20.3 Å². The maximum atomic E-state index is 6.05. The molecule has 1 saturated heterocycles. The van der Waals surface area contributed by atoms with Crippen LogP contribution in [0.15, 0.2) is 0 Å². The van der Waals surface area contributed by atoms with Crippen LogP contribution in [0.1, 0.15) is 52.4 Å². The first kappa shape index (κ1) is 16.3. The highest BCUT2D eigenvalue weighted by molar-refractivity contribution is 4.85. The van der Waals surface area contributed by atoms with Gasteiger partial charge in [0, 0.05) is 19.2 Å². The van der Waals surface area contributed by atoms with Crippen molar-refractivity contribution >= 4 is 0 Å². The third kappa shape index (κ3) is 5.01. The summed E-state index contributed by atoms with van der Waals surface area (Å²) in [4.78, 5) is 2.66. The minimum absolute atomic E-state index is 0.537. The molecule has 20 heavy (non-hydrogen) atoms. The van der Waals surface area contributed by atoms with Crippen molar-refractivity contribution in [1.82, 2.24) is 10.2 Å². The van der Waals surface area contributed by atoms with Gasteiger partial charge in [-0.25, -0.2) is 0 Å². The maximum absolute atomic E-state index is 6.05. The summed E-state index contributed by atoms with van der Waals surface area (Å²) in [7, 11) is 2.05. The highest BCUT2D eigenvalue weighted by Crippen LogP contribution is 2.26. The number of hydrogen-bond donors (Lipinski definition) is 1. The van der Waals surface area contributed by atoms with Crippen molar-refractivity contribution in [3.8, 4) is 0 Å². The number of rotatable bonds is 8. The molecule has 1 N–H and O–H groups in total. The Morgan fingerprint density at radius 2 is 1.95 bits per heavy atom. The van der Waals surface area contributed by atoms with Crippen LogP contribution in [0.3, 0.4) is 0 Å². The van der Waals surface area contributed by atoms with Gasteiger partial charge in [-0.15, -0.1) is 0 Å². The molecule has 1 unspecified atom stereocenters. The van der Waals surface area contributed by atoms with E-state index in [0.29, 0.717) is 12.1 Å². The molecule has 0 aromatic rings. The summed E-state index contributed by atoms with van der Waals surface area (Å²) >= 11 is 0. The average Bonchev–Trinajstić information content (AvgIpc) is 2.39. The molecule has 1 aliphatic heterocycles. The van der Waals surface area contributed by atoms with E-state index >= 15 is 0 Å². The molecule has 0 amide bonds. The summed E-state index contributed by atoms with van der Waals surface area (Å²) in [5, 5.41) is 3.32. The lowest BCUT2D eigenvalue weighted by atomic mass is 9.89. The van der Waals surface area contributed by atoms with Crippen LogP contribution in [0.4, 0.5) is 0 Å². The lowest BCUT2D eigenvalue weighted by Crippen LogP contribution is -2.45. The van der Waals surface area contributed by atoms with Crippen LogP contribution < -0.4 is 5.32 Å². The molecule has 118 valence electrons. The SMILES string of the molecule is CCCC(C)CN1CCC(COC2CC(NC)C2)CC1. The van der Waals surface area contributed by atoms with E-state index in [0.717, 1.165) is 18.4 Å². The zero-order chi connectivity index (χ0) is 14.4. The van der Waals surface area contributed by atoms with E-state index in [9.17, 15) is 0 Å². The number of piperidine rings is 1. The topological polar surface area (TPSA) is 24.5 Å². The summed E-state index contributed by atoms with van der Waals surface area (Å²) in [6.07, 6.45) is 8.32. The van der Waals surface area contributed by atoms with Crippen LogP contribution in [-0.2, 0) is 4.74 Å². The molecule has 1 aliphatic carbocycles. The van der Waals surface area contributed by atoms with E-state index in [1.807, 2.05) is 0 Å². The molecule has 1 heterocycles. The summed E-state index contributed by atoms with van der Waals surface area (Å²) in [6, 6.07) is 0.710. The van der Waals surface area contributed by atoms with Crippen LogP contribution >= 0.6 is 0 Å². The second kappa shape index (κ2) is 8.35. The summed E-state index contributed by atoms with van der Waals surface area (Å²) < 4.78 is 6.05. The Morgan fingerprint density at radius 3 is 2.55 bits per heavy atom. The Morgan fingerprint density at radius 1 is 1.25 bits per heavy atom. The average molecular weight is 282 g/mol. The number of nitrogens with one attached hydrogen (secondary N) is 1. The molecule has 0 radical (unpaired) electrons. The smallest absolute Gasteiger partial charge is 0.0605 e. The summed E-state index contributed by atoms with van der Waals surface area (Å²) in [5.74, 6) is 1.67. The van der Waals surface area contributed by atoms with Gasteiger partial charge in [0.1, 0.15) is 0 Å². The van der Waals surface area contributed by atoms with Crippen LogP contribution in [0.2, 0.25) is 0 Å². The number of hydrogen-bond acceptors (Lipinski definition) is 3. The molecule has 2 rings (SSSR count). The van der Waals surface area contributed by atoms with E-state index in [2.05, 4.69) is 31.1 Å². The molecular formula is C17H34N2O. The van der Waals surface area contributed by atoms with E-state index in [1.165, 1.54) is 58.2 Å². The van der Waals surface area contributed by atoms with Crippen molar-refractivity contribution in [2.75, 3.05) is 33.3 Å². The molecule has 0 aromatic heterocycles. The van der Waals surface area contributed by atoms with Gasteiger partial charge in [-0.3, -0.25) is 0 Å². The molecule has 3 nitrogen and oxygen atoms in total. The van der Waals surface area contributed by atoms with Gasteiger partial charge in [-0.05, 0) is 64.1 Å². The number of ether oxygens (including phenoxy) is 1. The van der Waals surface area contributed by atoms with Gasteiger partial charge in [0.15, 0.2) is 0 Å². The lowest BCUT2D eigenvalue weighted by Gasteiger charge is -2.37. The van der Waals surface area contributed by atoms with E-state index < -0.39 is 0 Å². The largest absolute Gasteiger partial charge is 0.378 e. The monoisotopic (exact) mass is 282 g/mol. The fourth-order valence-corrected chi connectivity index (χ4v) is 3.57. The van der Waals surface area contributed by atoms with Gasteiger partial charge in [0.05, 0.1) is 6.10 Å². The van der Waals surface area contributed by atoms with E-state index in [1.54, 1.807) is 0 Å². The van der Waals surface area contributed by atoms with Crippen molar-refractivity contribution in [3.05, 3.63) is 0 Å². The van der Waals surface area contributed by atoms with Crippen LogP contribution in [0.5, 0.6) is 0 Å². The zero-order valence-corrected chi connectivity index (χ0v) is 13.7. The molecule has 2 fully saturated rings. The van der Waals surface area contributed by atoms with Crippen molar-refractivity contribution in [2.24, 2.45) is 11.8 Å². The molecule has 3 heteroatoms. The Kier molecular flexibility index (Phi) is 6.79. The third-order valence-corrected chi connectivity index (χ3v) is 5.13. The van der Waals surface area contributed by atoms with Crippen molar-refractivity contribution in [1.29, 1.82) is 0 Å². The van der Waals surface area contributed by atoms with Crippen molar-refractivity contribution in [3.63, 3.8) is 0 Å². The van der Waals surface area contributed by atoms with Gasteiger partial charge >= 0.3 is 0 Å². The van der Waals surface area contributed by atoms with Gasteiger partial charge in [0.25, 0.3) is 0 Å². The Labute approximate surface area is 125 Å². The Balaban J connectivity index is 1.53. The second-order valence-corrected chi connectivity index (χ2v) is 7.05. The van der Waals surface area contributed by atoms with Gasteiger partial charge in [-0.2, -0.15) is 0 Å². The zero-order valence-electron chi connectivity index (χ0n) is 13.7. The Hall–Kier alpha value is -0.120. The molecule has 1 saturated carbocycles. The highest BCUT2D eigenvalue weighted by atomic mass is 16.5. The fraction of sp³-hybridized carbons (Fsp3) is 1.00. The lowest BCUT2D eigenvalue weighted by molar-refractivity contribution is -0.0396. The Bertz CT molecular complexity index is 258. The molecular weight excluding hydrogens is 248 g/mol. The fourth-order valence-electron chi connectivity index (χ4n) is 3.57.